The first kappa shape index (κ1) is 13.8. The minimum atomic E-state index is 0.248. The van der Waals surface area contributed by atoms with Crippen LogP contribution in [0.5, 0.6) is 0 Å². The molecule has 3 aromatic rings. The average molecular weight is 294 g/mol. The van der Waals surface area contributed by atoms with E-state index in [-0.39, 0.29) is 6.54 Å². The summed E-state index contributed by atoms with van der Waals surface area (Å²) in [5, 5.41) is 20.1. The third-order valence-corrected chi connectivity index (χ3v) is 2.97. The first-order valence-electron chi connectivity index (χ1n) is 6.70. The highest BCUT2D eigenvalue weighted by Gasteiger charge is 2.05. The van der Waals surface area contributed by atoms with Crippen LogP contribution in [0.4, 0.5) is 11.6 Å². The zero-order valence-corrected chi connectivity index (χ0v) is 12.0. The van der Waals surface area contributed by atoms with Gasteiger partial charge in [0.05, 0.1) is 29.3 Å². The minimum absolute atomic E-state index is 0.248. The number of nitriles is 1. The smallest absolute Gasteiger partial charge is 0.227 e. The van der Waals surface area contributed by atoms with Gasteiger partial charge in [0.2, 0.25) is 5.95 Å². The third kappa shape index (κ3) is 3.27. The average Bonchev–Trinajstić information content (AvgIpc) is 3.09. The maximum Gasteiger partial charge on any atom is 0.227 e. The zero-order chi connectivity index (χ0) is 15.4. The van der Waals surface area contributed by atoms with E-state index in [1.165, 1.54) is 0 Å². The lowest BCUT2D eigenvalue weighted by atomic mass is 10.2. The van der Waals surface area contributed by atoms with Gasteiger partial charge in [0.25, 0.3) is 0 Å². The van der Waals surface area contributed by atoms with Crippen LogP contribution in [0.2, 0.25) is 0 Å². The second-order valence-corrected chi connectivity index (χ2v) is 4.74. The molecular formula is C14H14N8. The number of hydrogen-bond donors (Lipinski definition) is 1. The Morgan fingerprint density at radius 3 is 3.00 bits per heavy atom. The maximum absolute atomic E-state index is 8.65. The summed E-state index contributed by atoms with van der Waals surface area (Å²) in [4.78, 5) is 8.65. The van der Waals surface area contributed by atoms with Crippen molar-refractivity contribution in [1.82, 2.24) is 29.5 Å². The summed E-state index contributed by atoms with van der Waals surface area (Å²) >= 11 is 0. The van der Waals surface area contributed by atoms with Crippen LogP contribution in [-0.4, -0.2) is 29.5 Å². The van der Waals surface area contributed by atoms with Crippen LogP contribution >= 0.6 is 0 Å². The van der Waals surface area contributed by atoms with Crippen LogP contribution in [-0.2, 0) is 20.0 Å². The van der Waals surface area contributed by atoms with Gasteiger partial charge >= 0.3 is 0 Å². The highest BCUT2D eigenvalue weighted by Crippen LogP contribution is 2.12. The Bertz CT molecular complexity index is 810. The van der Waals surface area contributed by atoms with Crippen LogP contribution in [0.3, 0.4) is 0 Å². The molecule has 0 amide bonds. The number of rotatable bonds is 5. The monoisotopic (exact) mass is 294 g/mol. The Morgan fingerprint density at radius 1 is 1.32 bits per heavy atom. The Labute approximate surface area is 127 Å². The van der Waals surface area contributed by atoms with Crippen molar-refractivity contribution in [3.63, 3.8) is 0 Å². The molecule has 0 unspecified atom stereocenters. The van der Waals surface area contributed by atoms with Gasteiger partial charge in [-0.2, -0.15) is 15.5 Å². The van der Waals surface area contributed by atoms with Crippen molar-refractivity contribution in [3.8, 4) is 6.07 Å². The number of nitrogens with zero attached hydrogens (tertiary/aromatic N) is 7. The van der Waals surface area contributed by atoms with Crippen LogP contribution in [0.1, 0.15) is 11.4 Å². The molecule has 3 aromatic heterocycles. The summed E-state index contributed by atoms with van der Waals surface area (Å²) in [5.74, 6) is 0.516. The molecular weight excluding hydrogens is 280 g/mol. The second kappa shape index (κ2) is 6.05. The molecule has 0 radical (unpaired) electrons. The lowest BCUT2D eigenvalue weighted by molar-refractivity contribution is 0.695. The summed E-state index contributed by atoms with van der Waals surface area (Å²) < 4.78 is 3.30. The van der Waals surface area contributed by atoms with Gasteiger partial charge in [0.1, 0.15) is 6.54 Å². The van der Waals surface area contributed by atoms with Crippen molar-refractivity contribution in [3.05, 3.63) is 48.3 Å². The molecule has 0 saturated heterocycles. The molecule has 0 aliphatic rings. The van der Waals surface area contributed by atoms with E-state index in [1.54, 1.807) is 28.0 Å². The molecule has 8 heteroatoms. The molecule has 0 aliphatic heterocycles. The Morgan fingerprint density at radius 2 is 2.23 bits per heavy atom. The molecule has 110 valence electrons. The van der Waals surface area contributed by atoms with Crippen molar-refractivity contribution in [2.45, 2.75) is 13.0 Å². The highest BCUT2D eigenvalue weighted by atomic mass is 15.3. The first-order chi connectivity index (χ1) is 10.7. The van der Waals surface area contributed by atoms with Crippen molar-refractivity contribution in [2.75, 3.05) is 5.32 Å². The molecule has 8 nitrogen and oxygen atoms in total. The van der Waals surface area contributed by atoms with Crippen LogP contribution < -0.4 is 5.32 Å². The number of nitrogens with one attached hydrogen (secondary N) is 1. The molecule has 22 heavy (non-hydrogen) atoms. The quantitative estimate of drug-likeness (QED) is 0.761. The lowest BCUT2D eigenvalue weighted by Gasteiger charge is -2.03. The van der Waals surface area contributed by atoms with E-state index in [9.17, 15) is 0 Å². The van der Waals surface area contributed by atoms with Crippen LogP contribution in [0.25, 0.3) is 0 Å². The van der Waals surface area contributed by atoms with Gasteiger partial charge in [-0.3, -0.25) is 9.36 Å². The number of hydrogen-bond acceptors (Lipinski definition) is 6. The second-order valence-electron chi connectivity index (χ2n) is 4.74. The van der Waals surface area contributed by atoms with E-state index in [1.807, 2.05) is 25.4 Å². The summed E-state index contributed by atoms with van der Waals surface area (Å²) in [7, 11) is 1.85. The fourth-order valence-corrected chi connectivity index (χ4v) is 2.01. The number of aromatic nitrogens is 6. The van der Waals surface area contributed by atoms with Gasteiger partial charge in [-0.15, -0.1) is 0 Å². The predicted octanol–water partition coefficient (Wildman–Crippen LogP) is 1.26. The summed E-state index contributed by atoms with van der Waals surface area (Å²) in [6, 6.07) is 5.78. The molecule has 0 aromatic carbocycles. The van der Waals surface area contributed by atoms with Crippen LogP contribution in [0, 0.1) is 11.3 Å². The molecule has 0 atom stereocenters. The van der Waals surface area contributed by atoms with E-state index < -0.39 is 0 Å². The molecule has 0 spiro atoms. The van der Waals surface area contributed by atoms with E-state index in [4.69, 9.17) is 5.26 Å². The van der Waals surface area contributed by atoms with Gasteiger partial charge in [0.15, 0.2) is 0 Å². The highest BCUT2D eigenvalue weighted by molar-refractivity contribution is 5.50. The van der Waals surface area contributed by atoms with Crippen molar-refractivity contribution in [1.29, 1.82) is 5.26 Å². The van der Waals surface area contributed by atoms with Gasteiger partial charge in [-0.25, -0.2) is 9.97 Å². The normalized spacial score (nSPS) is 10.4. The Hall–Kier alpha value is -3.21. The van der Waals surface area contributed by atoms with Crippen LogP contribution in [0.15, 0.2) is 36.9 Å². The fourth-order valence-electron chi connectivity index (χ4n) is 2.01. The predicted molar refractivity (Wildman–Crippen MR) is 79.2 cm³/mol. The first-order valence-corrected chi connectivity index (χ1v) is 6.70. The molecule has 0 aliphatic carbocycles. The largest absolute Gasteiger partial charge is 0.321 e. The number of anilines is 2. The van der Waals surface area contributed by atoms with Crippen molar-refractivity contribution in [2.24, 2.45) is 7.05 Å². The molecule has 0 fully saturated rings. The van der Waals surface area contributed by atoms with Gasteiger partial charge in [0, 0.05) is 32.1 Å². The molecule has 0 saturated carbocycles. The Kier molecular flexibility index (Phi) is 3.78. The molecule has 1 N–H and O–H groups in total. The number of aryl methyl sites for hydroxylation is 1. The van der Waals surface area contributed by atoms with E-state index in [0.29, 0.717) is 12.4 Å². The molecule has 3 rings (SSSR count). The Balaban J connectivity index is 1.71. The summed E-state index contributed by atoms with van der Waals surface area (Å²) in [6.07, 6.45) is 7.63. The summed E-state index contributed by atoms with van der Waals surface area (Å²) in [5.41, 5.74) is 2.54. The molecule has 3 heterocycles. The lowest BCUT2D eigenvalue weighted by Crippen LogP contribution is -2.01. The van der Waals surface area contributed by atoms with Crippen molar-refractivity contribution < 1.29 is 0 Å². The van der Waals surface area contributed by atoms with Gasteiger partial charge in [-0.1, -0.05) is 0 Å². The van der Waals surface area contributed by atoms with Gasteiger partial charge < -0.3 is 5.32 Å². The van der Waals surface area contributed by atoms with E-state index in [2.05, 4.69) is 31.6 Å². The maximum atomic E-state index is 8.65. The third-order valence-electron chi connectivity index (χ3n) is 2.97. The zero-order valence-electron chi connectivity index (χ0n) is 12.0. The fraction of sp³-hybridized carbons (Fsp3) is 0.214. The summed E-state index contributed by atoms with van der Waals surface area (Å²) in [6.45, 7) is 0.248. The topological polar surface area (TPSA) is 97.2 Å². The van der Waals surface area contributed by atoms with Gasteiger partial charge in [-0.05, 0) is 12.1 Å². The van der Waals surface area contributed by atoms with E-state index >= 15 is 0 Å². The standard InChI is InChI=1S/C14H14N8/c1-21-10-13(9-17-21)19-14-16-5-2-11(18-14)8-12-3-6-22(20-12)7-4-15/h2-3,5-6,9-10H,7-8H2,1H3,(H,16,18,19). The minimum Gasteiger partial charge on any atom is -0.321 e. The SMILES string of the molecule is Cn1cc(Nc2nccc(Cc3ccn(CC#N)n3)n2)cn1. The van der Waals surface area contributed by atoms with E-state index in [0.717, 1.165) is 17.1 Å². The van der Waals surface area contributed by atoms with Crippen molar-refractivity contribution >= 4 is 11.6 Å². The molecule has 0 bridgehead atoms.